The largest absolute Gasteiger partial charge is 0.384 e. The molecule has 0 radical (unpaired) electrons. The summed E-state index contributed by atoms with van der Waals surface area (Å²) in [6.45, 7) is 0. The summed E-state index contributed by atoms with van der Waals surface area (Å²) >= 11 is 3.24. The molecule has 1 nitrogen and oxygen atoms in total. The highest BCUT2D eigenvalue weighted by molar-refractivity contribution is 9.10. The average Bonchev–Trinajstić information content (AvgIpc) is 2.29. The van der Waals surface area contributed by atoms with Crippen molar-refractivity contribution >= 4 is 15.9 Å². The number of hydrogen-bond acceptors (Lipinski definition) is 1. The topological polar surface area (TPSA) is 20.2 Å². The van der Waals surface area contributed by atoms with Crippen molar-refractivity contribution in [2.75, 3.05) is 0 Å². The van der Waals surface area contributed by atoms with Crippen molar-refractivity contribution in [3.63, 3.8) is 0 Å². The van der Waals surface area contributed by atoms with Crippen LogP contribution >= 0.6 is 15.9 Å². The van der Waals surface area contributed by atoms with Crippen LogP contribution in [0.5, 0.6) is 0 Å². The lowest BCUT2D eigenvalue weighted by Crippen LogP contribution is -2.00. The van der Waals surface area contributed by atoms with E-state index < -0.39 is 6.10 Å². The maximum absolute atomic E-state index is 12.9. The normalized spacial score (nSPS) is 12.4. The number of rotatable bonds is 2. The van der Waals surface area contributed by atoms with E-state index in [0.29, 0.717) is 10.0 Å². The van der Waals surface area contributed by atoms with E-state index in [2.05, 4.69) is 15.9 Å². The Bertz CT molecular complexity index is 485. The standard InChI is InChI=1S/C13H10BrFO/c14-12-8-10(15)6-7-11(12)13(16)9-4-2-1-3-5-9/h1-8,13,16H/t13-/m0/s1. The summed E-state index contributed by atoms with van der Waals surface area (Å²) in [5.74, 6) is -0.323. The Labute approximate surface area is 102 Å². The third-order valence-corrected chi connectivity index (χ3v) is 3.06. The summed E-state index contributed by atoms with van der Waals surface area (Å²) in [6.07, 6.45) is -0.740. The molecule has 0 amide bonds. The molecule has 0 aliphatic heterocycles. The lowest BCUT2D eigenvalue weighted by atomic mass is 10.0. The van der Waals surface area contributed by atoms with Crippen molar-refractivity contribution in [1.82, 2.24) is 0 Å². The molecular formula is C13H10BrFO. The van der Waals surface area contributed by atoms with Gasteiger partial charge in [-0.2, -0.15) is 0 Å². The molecule has 0 aliphatic rings. The van der Waals surface area contributed by atoms with E-state index in [0.717, 1.165) is 5.56 Å². The predicted molar refractivity (Wildman–Crippen MR) is 64.6 cm³/mol. The van der Waals surface area contributed by atoms with Gasteiger partial charge in [0.05, 0.1) is 0 Å². The van der Waals surface area contributed by atoms with Crippen molar-refractivity contribution in [2.45, 2.75) is 6.10 Å². The molecule has 2 aromatic rings. The minimum Gasteiger partial charge on any atom is -0.384 e. The first kappa shape index (κ1) is 11.3. The van der Waals surface area contributed by atoms with E-state index in [-0.39, 0.29) is 5.82 Å². The zero-order valence-electron chi connectivity index (χ0n) is 8.40. The van der Waals surface area contributed by atoms with Crippen LogP contribution in [0.1, 0.15) is 17.2 Å². The minimum atomic E-state index is -0.740. The fourth-order valence-electron chi connectivity index (χ4n) is 1.54. The van der Waals surface area contributed by atoms with Gasteiger partial charge in [0.25, 0.3) is 0 Å². The molecule has 3 heteroatoms. The molecule has 0 unspecified atom stereocenters. The van der Waals surface area contributed by atoms with Crippen LogP contribution in [0.3, 0.4) is 0 Å². The summed E-state index contributed by atoms with van der Waals surface area (Å²) in [6, 6.07) is 13.5. The third kappa shape index (κ3) is 2.31. The molecule has 1 atom stereocenters. The lowest BCUT2D eigenvalue weighted by molar-refractivity contribution is 0.219. The lowest BCUT2D eigenvalue weighted by Gasteiger charge is -2.13. The quantitative estimate of drug-likeness (QED) is 0.890. The average molecular weight is 281 g/mol. The van der Waals surface area contributed by atoms with Gasteiger partial charge in [-0.25, -0.2) is 4.39 Å². The Morgan fingerprint density at radius 2 is 1.75 bits per heavy atom. The van der Waals surface area contributed by atoms with Crippen LogP contribution in [0.15, 0.2) is 53.0 Å². The van der Waals surface area contributed by atoms with Crippen LogP contribution in [-0.4, -0.2) is 5.11 Å². The van der Waals surface area contributed by atoms with Crippen molar-refractivity contribution in [3.05, 3.63) is 69.9 Å². The van der Waals surface area contributed by atoms with Crippen LogP contribution in [0.4, 0.5) is 4.39 Å². The molecule has 82 valence electrons. The molecule has 1 N–H and O–H groups in total. The van der Waals surface area contributed by atoms with Crippen LogP contribution in [0.25, 0.3) is 0 Å². The van der Waals surface area contributed by atoms with Gasteiger partial charge in [0, 0.05) is 4.47 Å². The van der Waals surface area contributed by atoms with Crippen LogP contribution in [0.2, 0.25) is 0 Å². The number of benzene rings is 2. The molecule has 0 aromatic heterocycles. The summed E-state index contributed by atoms with van der Waals surface area (Å²) < 4.78 is 13.5. The molecule has 16 heavy (non-hydrogen) atoms. The number of halogens is 2. The van der Waals surface area contributed by atoms with Gasteiger partial charge in [-0.1, -0.05) is 52.3 Å². The monoisotopic (exact) mass is 280 g/mol. The van der Waals surface area contributed by atoms with Crippen LogP contribution in [-0.2, 0) is 0 Å². The van der Waals surface area contributed by atoms with Gasteiger partial charge in [0.15, 0.2) is 0 Å². The molecule has 0 aliphatic carbocycles. The van der Waals surface area contributed by atoms with Crippen molar-refractivity contribution in [1.29, 1.82) is 0 Å². The summed E-state index contributed by atoms with van der Waals surface area (Å²) in [7, 11) is 0. The van der Waals surface area contributed by atoms with Gasteiger partial charge < -0.3 is 5.11 Å². The second kappa shape index (κ2) is 4.76. The Balaban J connectivity index is 2.38. The molecule has 0 saturated carbocycles. The van der Waals surface area contributed by atoms with Gasteiger partial charge in [0.2, 0.25) is 0 Å². The van der Waals surface area contributed by atoms with Gasteiger partial charge in [-0.3, -0.25) is 0 Å². The molecule has 0 heterocycles. The molecule has 2 aromatic carbocycles. The second-order valence-corrected chi connectivity index (χ2v) is 4.33. The van der Waals surface area contributed by atoms with E-state index in [1.54, 1.807) is 6.07 Å². The minimum absolute atomic E-state index is 0.323. The zero-order chi connectivity index (χ0) is 11.5. The zero-order valence-corrected chi connectivity index (χ0v) is 9.99. The molecule has 0 bridgehead atoms. The van der Waals surface area contributed by atoms with E-state index in [9.17, 15) is 9.50 Å². The molecule has 0 spiro atoms. The van der Waals surface area contributed by atoms with Crippen LogP contribution < -0.4 is 0 Å². The van der Waals surface area contributed by atoms with Gasteiger partial charge in [-0.15, -0.1) is 0 Å². The van der Waals surface area contributed by atoms with E-state index >= 15 is 0 Å². The molecule has 0 fully saturated rings. The SMILES string of the molecule is O[C@@H](c1ccccc1)c1ccc(F)cc1Br. The van der Waals surface area contributed by atoms with E-state index in [1.165, 1.54) is 12.1 Å². The van der Waals surface area contributed by atoms with Crippen LogP contribution in [0, 0.1) is 5.82 Å². The summed E-state index contributed by atoms with van der Waals surface area (Å²) in [5, 5.41) is 10.1. The highest BCUT2D eigenvalue weighted by Crippen LogP contribution is 2.28. The Morgan fingerprint density at radius 3 is 2.38 bits per heavy atom. The molecule has 2 rings (SSSR count). The van der Waals surface area contributed by atoms with Gasteiger partial charge in [0.1, 0.15) is 11.9 Å². The Kier molecular flexibility index (Phi) is 3.36. The first-order chi connectivity index (χ1) is 7.68. The smallest absolute Gasteiger partial charge is 0.124 e. The Hall–Kier alpha value is -1.19. The van der Waals surface area contributed by atoms with E-state index in [1.807, 2.05) is 30.3 Å². The Morgan fingerprint density at radius 1 is 1.06 bits per heavy atom. The highest BCUT2D eigenvalue weighted by Gasteiger charge is 2.13. The maximum Gasteiger partial charge on any atom is 0.124 e. The van der Waals surface area contributed by atoms with Gasteiger partial charge >= 0.3 is 0 Å². The van der Waals surface area contributed by atoms with Gasteiger partial charge in [-0.05, 0) is 23.3 Å². The third-order valence-electron chi connectivity index (χ3n) is 2.37. The number of aliphatic hydroxyl groups excluding tert-OH is 1. The van der Waals surface area contributed by atoms with Crippen molar-refractivity contribution < 1.29 is 9.50 Å². The maximum atomic E-state index is 12.9. The summed E-state index contributed by atoms with van der Waals surface area (Å²) in [5.41, 5.74) is 1.45. The summed E-state index contributed by atoms with van der Waals surface area (Å²) in [4.78, 5) is 0. The fraction of sp³-hybridized carbons (Fsp3) is 0.0769. The van der Waals surface area contributed by atoms with Crippen molar-refractivity contribution in [2.24, 2.45) is 0 Å². The number of hydrogen-bond donors (Lipinski definition) is 1. The van der Waals surface area contributed by atoms with E-state index in [4.69, 9.17) is 0 Å². The highest BCUT2D eigenvalue weighted by atomic mass is 79.9. The number of aliphatic hydroxyl groups is 1. The first-order valence-electron chi connectivity index (χ1n) is 4.86. The fourth-order valence-corrected chi connectivity index (χ4v) is 2.11. The second-order valence-electron chi connectivity index (χ2n) is 3.48. The molecule has 0 saturated heterocycles. The predicted octanol–water partition coefficient (Wildman–Crippen LogP) is 3.67. The van der Waals surface area contributed by atoms with Crippen molar-refractivity contribution in [3.8, 4) is 0 Å². The molecular weight excluding hydrogens is 271 g/mol. The first-order valence-corrected chi connectivity index (χ1v) is 5.66.